The lowest BCUT2D eigenvalue weighted by molar-refractivity contribution is -0.130. The Labute approximate surface area is 144 Å². The molecule has 1 aliphatic carbocycles. The SMILES string of the molecule is CC(=O)Nc1cccc([C@H](C)NC(=O)CO[C@H]2CCCC[C@@H]2C)c1. The molecule has 0 aromatic heterocycles. The van der Waals surface area contributed by atoms with Crippen molar-refractivity contribution in [2.45, 2.75) is 58.6 Å². The van der Waals surface area contributed by atoms with E-state index in [1.165, 1.54) is 26.2 Å². The standard InChI is InChI=1S/C19H28N2O3/c1-13-7-4-5-10-18(13)24-12-19(23)20-14(2)16-8-6-9-17(11-16)21-15(3)22/h6,8-9,11,13-14,18H,4-5,7,10,12H2,1-3H3,(H,20,23)(H,21,22)/t13-,14-,18-/m0/s1. The van der Waals surface area contributed by atoms with Crippen LogP contribution >= 0.6 is 0 Å². The van der Waals surface area contributed by atoms with Crippen molar-refractivity contribution in [2.75, 3.05) is 11.9 Å². The average Bonchev–Trinajstić information content (AvgIpc) is 2.53. The van der Waals surface area contributed by atoms with E-state index >= 15 is 0 Å². The number of hydrogen-bond acceptors (Lipinski definition) is 3. The number of amides is 2. The molecule has 5 heteroatoms. The monoisotopic (exact) mass is 332 g/mol. The fourth-order valence-electron chi connectivity index (χ4n) is 3.17. The normalized spacial score (nSPS) is 21.8. The van der Waals surface area contributed by atoms with E-state index in [9.17, 15) is 9.59 Å². The van der Waals surface area contributed by atoms with Crippen LogP contribution in [0.15, 0.2) is 24.3 Å². The molecule has 1 aromatic carbocycles. The molecule has 1 aromatic rings. The molecule has 2 N–H and O–H groups in total. The van der Waals surface area contributed by atoms with E-state index in [-0.39, 0.29) is 30.6 Å². The molecule has 3 atom stereocenters. The smallest absolute Gasteiger partial charge is 0.246 e. The first-order valence-corrected chi connectivity index (χ1v) is 8.74. The summed E-state index contributed by atoms with van der Waals surface area (Å²) in [5.41, 5.74) is 1.68. The Hall–Kier alpha value is -1.88. The van der Waals surface area contributed by atoms with E-state index in [1.54, 1.807) is 0 Å². The Morgan fingerprint density at radius 3 is 2.75 bits per heavy atom. The zero-order valence-corrected chi connectivity index (χ0v) is 14.8. The van der Waals surface area contributed by atoms with Gasteiger partial charge in [-0.25, -0.2) is 0 Å². The summed E-state index contributed by atoms with van der Waals surface area (Å²) in [6.07, 6.45) is 4.86. The van der Waals surface area contributed by atoms with E-state index < -0.39 is 0 Å². The van der Waals surface area contributed by atoms with Crippen LogP contribution in [0, 0.1) is 5.92 Å². The Morgan fingerprint density at radius 2 is 2.04 bits per heavy atom. The van der Waals surface area contributed by atoms with Crippen LogP contribution < -0.4 is 10.6 Å². The van der Waals surface area contributed by atoms with E-state index in [2.05, 4.69) is 17.6 Å². The van der Waals surface area contributed by atoms with Gasteiger partial charge >= 0.3 is 0 Å². The molecule has 0 heterocycles. The van der Waals surface area contributed by atoms with E-state index in [0.29, 0.717) is 5.92 Å². The summed E-state index contributed by atoms with van der Waals surface area (Å²) in [4.78, 5) is 23.3. The summed E-state index contributed by atoms with van der Waals surface area (Å²) in [5.74, 6) is 0.308. The number of hydrogen-bond donors (Lipinski definition) is 2. The van der Waals surface area contributed by atoms with Crippen molar-refractivity contribution < 1.29 is 14.3 Å². The molecular weight excluding hydrogens is 304 g/mol. The number of carbonyl (C=O) groups is 2. The van der Waals surface area contributed by atoms with Crippen molar-refractivity contribution in [2.24, 2.45) is 5.92 Å². The summed E-state index contributed by atoms with van der Waals surface area (Å²) >= 11 is 0. The van der Waals surface area contributed by atoms with Crippen molar-refractivity contribution in [1.82, 2.24) is 5.32 Å². The van der Waals surface area contributed by atoms with Gasteiger partial charge in [-0.05, 0) is 43.4 Å². The second-order valence-electron chi connectivity index (χ2n) is 6.71. The summed E-state index contributed by atoms with van der Waals surface area (Å²) in [5, 5.41) is 5.70. The number of rotatable bonds is 6. The van der Waals surface area contributed by atoms with Gasteiger partial charge < -0.3 is 15.4 Å². The van der Waals surface area contributed by atoms with Crippen molar-refractivity contribution in [3.05, 3.63) is 29.8 Å². The van der Waals surface area contributed by atoms with Crippen molar-refractivity contribution in [3.63, 3.8) is 0 Å². The maximum atomic E-state index is 12.1. The molecular formula is C19H28N2O3. The molecule has 1 fully saturated rings. The number of benzene rings is 1. The molecule has 5 nitrogen and oxygen atoms in total. The maximum absolute atomic E-state index is 12.1. The van der Waals surface area contributed by atoms with Gasteiger partial charge in [-0.2, -0.15) is 0 Å². The van der Waals surface area contributed by atoms with E-state index in [0.717, 1.165) is 17.7 Å². The summed E-state index contributed by atoms with van der Waals surface area (Å²) < 4.78 is 5.80. The third-order valence-electron chi connectivity index (χ3n) is 4.55. The maximum Gasteiger partial charge on any atom is 0.246 e. The van der Waals surface area contributed by atoms with Crippen LogP contribution in [0.2, 0.25) is 0 Å². The summed E-state index contributed by atoms with van der Waals surface area (Å²) in [6.45, 7) is 5.69. The van der Waals surface area contributed by atoms with Crippen LogP contribution in [0.4, 0.5) is 5.69 Å². The third kappa shape index (κ3) is 5.64. The lowest BCUT2D eigenvalue weighted by Gasteiger charge is -2.28. The quantitative estimate of drug-likeness (QED) is 0.839. The van der Waals surface area contributed by atoms with Gasteiger partial charge in [-0.1, -0.05) is 31.9 Å². The first-order chi connectivity index (χ1) is 11.5. The molecule has 0 unspecified atom stereocenters. The Morgan fingerprint density at radius 1 is 1.29 bits per heavy atom. The topological polar surface area (TPSA) is 67.4 Å². The first-order valence-electron chi connectivity index (χ1n) is 8.74. The van der Waals surface area contributed by atoms with E-state index in [4.69, 9.17) is 4.74 Å². The number of nitrogens with one attached hydrogen (secondary N) is 2. The van der Waals surface area contributed by atoms with Gasteiger partial charge in [0.25, 0.3) is 0 Å². The molecule has 1 saturated carbocycles. The molecule has 0 bridgehead atoms. The van der Waals surface area contributed by atoms with Crippen LogP contribution in [0.1, 0.15) is 58.1 Å². The van der Waals surface area contributed by atoms with Gasteiger partial charge in [0.15, 0.2) is 0 Å². The molecule has 2 rings (SSSR count). The van der Waals surface area contributed by atoms with Crippen molar-refractivity contribution in [1.29, 1.82) is 0 Å². The Kier molecular flexibility index (Phi) is 6.79. The zero-order chi connectivity index (χ0) is 17.5. The molecule has 24 heavy (non-hydrogen) atoms. The predicted molar refractivity (Wildman–Crippen MR) is 94.7 cm³/mol. The van der Waals surface area contributed by atoms with Gasteiger partial charge in [0.05, 0.1) is 12.1 Å². The largest absolute Gasteiger partial charge is 0.368 e. The van der Waals surface area contributed by atoms with Crippen molar-refractivity contribution >= 4 is 17.5 Å². The van der Waals surface area contributed by atoms with Gasteiger partial charge in [-0.15, -0.1) is 0 Å². The van der Waals surface area contributed by atoms with Gasteiger partial charge in [0.2, 0.25) is 11.8 Å². The van der Waals surface area contributed by atoms with Gasteiger partial charge in [-0.3, -0.25) is 9.59 Å². The highest BCUT2D eigenvalue weighted by Gasteiger charge is 2.22. The lowest BCUT2D eigenvalue weighted by atomic mass is 9.88. The number of carbonyl (C=O) groups excluding carboxylic acids is 2. The van der Waals surface area contributed by atoms with Crippen molar-refractivity contribution in [3.8, 4) is 0 Å². The van der Waals surface area contributed by atoms with E-state index in [1.807, 2.05) is 31.2 Å². The average molecular weight is 332 g/mol. The Balaban J connectivity index is 1.83. The van der Waals surface area contributed by atoms with Gasteiger partial charge in [0, 0.05) is 12.6 Å². The molecule has 1 aliphatic rings. The second-order valence-corrected chi connectivity index (χ2v) is 6.71. The highest BCUT2D eigenvalue weighted by atomic mass is 16.5. The number of ether oxygens (including phenoxy) is 1. The fraction of sp³-hybridized carbons (Fsp3) is 0.579. The van der Waals surface area contributed by atoms with Crippen LogP contribution in [0.25, 0.3) is 0 Å². The van der Waals surface area contributed by atoms with Crippen LogP contribution in [0.5, 0.6) is 0 Å². The third-order valence-corrected chi connectivity index (χ3v) is 4.55. The molecule has 0 saturated heterocycles. The predicted octanol–water partition coefficient (Wildman–Crippen LogP) is 3.42. The van der Waals surface area contributed by atoms with Crippen LogP contribution in [-0.4, -0.2) is 24.5 Å². The minimum absolute atomic E-state index is 0.102. The van der Waals surface area contributed by atoms with Crippen LogP contribution in [0.3, 0.4) is 0 Å². The molecule has 2 amide bonds. The molecule has 132 valence electrons. The molecule has 0 radical (unpaired) electrons. The zero-order valence-electron chi connectivity index (χ0n) is 14.8. The number of anilines is 1. The first kappa shape index (κ1) is 18.5. The minimum atomic E-state index is -0.140. The fourth-order valence-corrected chi connectivity index (χ4v) is 3.17. The Bertz CT molecular complexity index is 573. The van der Waals surface area contributed by atoms with Gasteiger partial charge in [0.1, 0.15) is 6.61 Å². The highest BCUT2D eigenvalue weighted by molar-refractivity contribution is 5.88. The highest BCUT2D eigenvalue weighted by Crippen LogP contribution is 2.26. The molecule has 0 aliphatic heterocycles. The van der Waals surface area contributed by atoms with Crippen LogP contribution in [-0.2, 0) is 14.3 Å². The minimum Gasteiger partial charge on any atom is -0.368 e. The second kappa shape index (κ2) is 8.83. The summed E-state index contributed by atoms with van der Waals surface area (Å²) in [6, 6.07) is 7.35. The molecule has 0 spiro atoms. The summed E-state index contributed by atoms with van der Waals surface area (Å²) in [7, 11) is 0. The lowest BCUT2D eigenvalue weighted by Crippen LogP contribution is -2.34.